The Hall–Kier alpha value is -3.33. The van der Waals surface area contributed by atoms with Crippen molar-refractivity contribution in [1.29, 1.82) is 0 Å². The van der Waals surface area contributed by atoms with E-state index in [1.54, 1.807) is 35.4 Å². The lowest BCUT2D eigenvalue weighted by atomic mass is 9.75. The second-order valence-corrected chi connectivity index (χ2v) is 9.47. The van der Waals surface area contributed by atoms with Crippen LogP contribution in [0.5, 0.6) is 0 Å². The molecule has 0 radical (unpaired) electrons. The van der Waals surface area contributed by atoms with Crippen molar-refractivity contribution in [2.45, 2.75) is 43.7 Å². The summed E-state index contributed by atoms with van der Waals surface area (Å²) in [5.74, 6) is -0.972. The van der Waals surface area contributed by atoms with Crippen molar-refractivity contribution in [2.75, 3.05) is 26.2 Å². The Kier molecular flexibility index (Phi) is 6.51. The molecular weight excluding hydrogens is 451 g/mol. The van der Waals surface area contributed by atoms with E-state index in [1.165, 1.54) is 17.0 Å². The summed E-state index contributed by atoms with van der Waals surface area (Å²) in [5.41, 5.74) is -0.128. The molecule has 0 saturated carbocycles. The van der Waals surface area contributed by atoms with E-state index in [1.807, 2.05) is 6.07 Å². The Morgan fingerprint density at radius 2 is 1.97 bits per heavy atom. The molecule has 4 amide bonds. The minimum Gasteiger partial charge on any atom is -0.376 e. The third kappa shape index (κ3) is 4.52. The predicted octanol–water partition coefficient (Wildman–Crippen LogP) is 2.63. The molecule has 2 atom stereocenters. The summed E-state index contributed by atoms with van der Waals surface area (Å²) in [7, 11) is 0. The Morgan fingerprint density at radius 1 is 1.14 bits per heavy atom. The molecule has 0 unspecified atom stereocenters. The van der Waals surface area contributed by atoms with Crippen LogP contribution >= 0.6 is 0 Å². The molecule has 8 nitrogen and oxygen atoms in total. The molecule has 3 aliphatic rings. The zero-order chi connectivity index (χ0) is 24.4. The van der Waals surface area contributed by atoms with Gasteiger partial charge in [0.1, 0.15) is 5.82 Å². The molecule has 0 aliphatic carbocycles. The molecule has 3 fully saturated rings. The average Bonchev–Trinajstić information content (AvgIpc) is 3.47. The van der Waals surface area contributed by atoms with Crippen LogP contribution in [0, 0.1) is 11.7 Å². The van der Waals surface area contributed by atoms with Crippen LogP contribution in [0.25, 0.3) is 0 Å². The molecule has 35 heavy (non-hydrogen) atoms. The number of urea groups is 1. The molecule has 184 valence electrons. The van der Waals surface area contributed by atoms with E-state index in [2.05, 4.69) is 10.3 Å². The van der Waals surface area contributed by atoms with E-state index in [9.17, 15) is 18.8 Å². The number of benzene rings is 1. The zero-order valence-corrected chi connectivity index (χ0v) is 19.5. The summed E-state index contributed by atoms with van der Waals surface area (Å²) in [6.45, 7) is 1.76. The number of nitrogens with one attached hydrogen (secondary N) is 1. The van der Waals surface area contributed by atoms with Gasteiger partial charge in [0, 0.05) is 31.8 Å². The van der Waals surface area contributed by atoms with Crippen LogP contribution in [-0.2, 0) is 26.3 Å². The number of nitrogens with zero attached hydrogens (tertiary/aromatic N) is 3. The summed E-state index contributed by atoms with van der Waals surface area (Å²) in [6, 6.07) is 11.0. The molecule has 9 heteroatoms. The number of piperidine rings is 1. The Labute approximate surface area is 203 Å². The predicted molar refractivity (Wildman–Crippen MR) is 125 cm³/mol. The van der Waals surface area contributed by atoms with Crippen LogP contribution in [0.1, 0.15) is 36.9 Å². The smallest absolute Gasteiger partial charge is 0.325 e. The molecule has 1 N–H and O–H groups in total. The van der Waals surface area contributed by atoms with Gasteiger partial charge >= 0.3 is 6.03 Å². The lowest BCUT2D eigenvalue weighted by Gasteiger charge is -2.40. The average molecular weight is 481 g/mol. The van der Waals surface area contributed by atoms with Crippen molar-refractivity contribution in [3.63, 3.8) is 0 Å². The van der Waals surface area contributed by atoms with Crippen molar-refractivity contribution in [2.24, 2.45) is 5.92 Å². The molecule has 1 aromatic carbocycles. The minimum atomic E-state index is -1.27. The monoisotopic (exact) mass is 480 g/mol. The topological polar surface area (TPSA) is 91.8 Å². The molecule has 3 saturated heterocycles. The maximum absolute atomic E-state index is 13.8. The van der Waals surface area contributed by atoms with Gasteiger partial charge in [-0.05, 0) is 55.5 Å². The van der Waals surface area contributed by atoms with Crippen molar-refractivity contribution in [1.82, 2.24) is 20.1 Å². The highest BCUT2D eigenvalue weighted by molar-refractivity contribution is 6.07. The van der Waals surface area contributed by atoms with E-state index < -0.39 is 11.6 Å². The van der Waals surface area contributed by atoms with Crippen LogP contribution in [-0.4, -0.2) is 65.0 Å². The molecule has 1 aromatic heterocycles. The van der Waals surface area contributed by atoms with Crippen molar-refractivity contribution >= 4 is 17.8 Å². The van der Waals surface area contributed by atoms with E-state index in [-0.39, 0.29) is 42.6 Å². The maximum Gasteiger partial charge on any atom is 0.325 e. The number of hydrogen-bond acceptors (Lipinski definition) is 5. The Balaban J connectivity index is 1.33. The summed E-state index contributed by atoms with van der Waals surface area (Å²) < 4.78 is 19.2. The third-order valence-corrected chi connectivity index (χ3v) is 7.32. The fourth-order valence-electron chi connectivity index (χ4n) is 5.50. The molecule has 2 aromatic rings. The van der Waals surface area contributed by atoms with Crippen LogP contribution in [0.2, 0.25) is 0 Å². The molecular formula is C26H29FN4O4. The van der Waals surface area contributed by atoms with Gasteiger partial charge in [-0.25, -0.2) is 9.18 Å². The Morgan fingerprint density at radius 3 is 2.66 bits per heavy atom. The fourth-order valence-corrected chi connectivity index (χ4v) is 5.50. The highest BCUT2D eigenvalue weighted by Gasteiger charge is 2.58. The van der Waals surface area contributed by atoms with Gasteiger partial charge in [-0.2, -0.15) is 0 Å². The van der Waals surface area contributed by atoms with E-state index in [0.717, 1.165) is 12.8 Å². The van der Waals surface area contributed by atoms with Crippen LogP contribution in [0.15, 0.2) is 48.7 Å². The van der Waals surface area contributed by atoms with Crippen LogP contribution in [0.4, 0.5) is 9.18 Å². The van der Waals surface area contributed by atoms with E-state index in [0.29, 0.717) is 43.8 Å². The largest absolute Gasteiger partial charge is 0.376 e. The first-order valence-electron chi connectivity index (χ1n) is 12.2. The van der Waals surface area contributed by atoms with Crippen LogP contribution in [0.3, 0.4) is 0 Å². The number of pyridine rings is 1. The SMILES string of the molecule is O=C(Cc1cccc(F)c1)N1CCC([C@]2(c3ccccn3)NC(=O)N(C[C@@H]3CCCO3)C2=O)CC1. The molecule has 5 rings (SSSR count). The number of carbonyl (C=O) groups is 3. The van der Waals surface area contributed by atoms with Gasteiger partial charge < -0.3 is 15.0 Å². The number of carbonyl (C=O) groups excluding carboxylic acids is 3. The number of rotatable bonds is 6. The summed E-state index contributed by atoms with van der Waals surface area (Å²) >= 11 is 0. The van der Waals surface area contributed by atoms with Gasteiger partial charge in [0.05, 0.1) is 24.8 Å². The van der Waals surface area contributed by atoms with Gasteiger partial charge in [-0.1, -0.05) is 18.2 Å². The summed E-state index contributed by atoms with van der Waals surface area (Å²) in [5, 5.41) is 2.99. The molecule has 0 spiro atoms. The minimum absolute atomic E-state index is 0.0808. The number of aromatic nitrogens is 1. The third-order valence-electron chi connectivity index (χ3n) is 7.32. The summed E-state index contributed by atoms with van der Waals surface area (Å²) in [6.07, 6.45) is 4.40. The maximum atomic E-state index is 13.8. The quantitative estimate of drug-likeness (QED) is 0.642. The van der Waals surface area contributed by atoms with E-state index >= 15 is 0 Å². The number of hydrogen-bond donors (Lipinski definition) is 1. The first kappa shape index (κ1) is 23.4. The molecule has 0 bridgehead atoms. The first-order valence-corrected chi connectivity index (χ1v) is 12.2. The highest BCUT2D eigenvalue weighted by atomic mass is 19.1. The summed E-state index contributed by atoms with van der Waals surface area (Å²) in [4.78, 5) is 47.2. The van der Waals surface area contributed by atoms with E-state index in [4.69, 9.17) is 4.74 Å². The van der Waals surface area contributed by atoms with Crippen molar-refractivity contribution in [3.05, 3.63) is 65.7 Å². The van der Waals surface area contributed by atoms with Crippen molar-refractivity contribution < 1.29 is 23.5 Å². The van der Waals surface area contributed by atoms with Crippen LogP contribution < -0.4 is 5.32 Å². The molecule has 3 aliphatic heterocycles. The standard InChI is InChI=1S/C26H29FN4O4/c27-20-6-3-5-18(15-20)16-23(32)30-12-9-19(10-13-30)26(22-8-1-2-11-28-22)24(33)31(25(34)29-26)17-21-7-4-14-35-21/h1-3,5-6,8,11,15,19,21H,4,7,9-10,12-14,16-17H2,(H,29,34)/t21-,26+/m0/s1. The number of amides is 4. The number of ether oxygens (including phenoxy) is 1. The number of likely N-dealkylation sites (tertiary alicyclic amines) is 1. The van der Waals surface area contributed by atoms with Gasteiger partial charge in [0.15, 0.2) is 5.54 Å². The first-order chi connectivity index (χ1) is 17.0. The lowest BCUT2D eigenvalue weighted by Crippen LogP contribution is -2.55. The van der Waals surface area contributed by atoms with Gasteiger partial charge in [-0.15, -0.1) is 0 Å². The number of imide groups is 1. The Bertz CT molecular complexity index is 1100. The van der Waals surface area contributed by atoms with Gasteiger partial charge in [0.25, 0.3) is 5.91 Å². The second kappa shape index (κ2) is 9.73. The van der Waals surface area contributed by atoms with Gasteiger partial charge in [-0.3, -0.25) is 19.5 Å². The zero-order valence-electron chi connectivity index (χ0n) is 19.5. The van der Waals surface area contributed by atoms with Crippen molar-refractivity contribution in [3.8, 4) is 0 Å². The molecule has 4 heterocycles. The second-order valence-electron chi connectivity index (χ2n) is 9.47. The normalized spacial score (nSPS) is 25.2. The lowest BCUT2D eigenvalue weighted by molar-refractivity contribution is -0.137. The fraction of sp³-hybridized carbons (Fsp3) is 0.462. The van der Waals surface area contributed by atoms with Gasteiger partial charge in [0.2, 0.25) is 5.91 Å². The number of halogens is 1. The highest BCUT2D eigenvalue weighted by Crippen LogP contribution is 2.41.